The predicted molar refractivity (Wildman–Crippen MR) is 91.1 cm³/mol. The average Bonchev–Trinajstić information content (AvgIpc) is 3.02. The summed E-state index contributed by atoms with van der Waals surface area (Å²) in [6.45, 7) is 5.32. The monoisotopic (exact) mass is 327 g/mol. The van der Waals surface area contributed by atoms with Crippen molar-refractivity contribution in [1.82, 2.24) is 4.90 Å². The number of nitrogens with zero attached hydrogens (tertiary/aromatic N) is 1. The van der Waals surface area contributed by atoms with Crippen LogP contribution in [0, 0.1) is 6.92 Å². The van der Waals surface area contributed by atoms with Gasteiger partial charge in [-0.05, 0) is 44.2 Å². The van der Waals surface area contributed by atoms with Crippen molar-refractivity contribution in [1.29, 1.82) is 0 Å². The van der Waals surface area contributed by atoms with E-state index in [0.717, 1.165) is 17.3 Å². The Balaban J connectivity index is 1.60. The molecule has 0 N–H and O–H groups in total. The number of hydrogen-bond donors (Lipinski definition) is 0. The average molecular weight is 327 g/mol. The molecule has 1 aromatic heterocycles. The Morgan fingerprint density at radius 3 is 2.75 bits per heavy atom. The number of likely N-dealkylation sites (N-methyl/N-ethyl adjacent to an activating group) is 1. The first kappa shape index (κ1) is 16.2. The SMILES string of the molecule is CCN(CC1COc2ccccc2O1)C(=O)/C=C/c1ccc(C)o1. The van der Waals surface area contributed by atoms with Crippen molar-refractivity contribution < 1.29 is 18.7 Å². The molecule has 1 aromatic carbocycles. The van der Waals surface area contributed by atoms with E-state index in [0.29, 0.717) is 25.5 Å². The summed E-state index contributed by atoms with van der Waals surface area (Å²) in [7, 11) is 0. The summed E-state index contributed by atoms with van der Waals surface area (Å²) in [6.07, 6.45) is 3.04. The summed E-state index contributed by atoms with van der Waals surface area (Å²) >= 11 is 0. The fourth-order valence-corrected chi connectivity index (χ4v) is 2.58. The van der Waals surface area contributed by atoms with Gasteiger partial charge in [-0.25, -0.2) is 0 Å². The quantitative estimate of drug-likeness (QED) is 0.791. The normalized spacial score (nSPS) is 16.3. The summed E-state index contributed by atoms with van der Waals surface area (Å²) in [5, 5.41) is 0. The number of carbonyl (C=O) groups is 1. The van der Waals surface area contributed by atoms with E-state index in [-0.39, 0.29) is 12.0 Å². The Kier molecular flexibility index (Phi) is 4.89. The molecule has 1 amide bonds. The van der Waals surface area contributed by atoms with E-state index in [2.05, 4.69) is 0 Å². The number of ether oxygens (including phenoxy) is 2. The van der Waals surface area contributed by atoms with E-state index >= 15 is 0 Å². The first-order chi connectivity index (χ1) is 11.7. The summed E-state index contributed by atoms with van der Waals surface area (Å²) < 4.78 is 17.1. The molecule has 5 nitrogen and oxygen atoms in total. The van der Waals surface area contributed by atoms with Crippen LogP contribution in [0.1, 0.15) is 18.4 Å². The fourth-order valence-electron chi connectivity index (χ4n) is 2.58. The molecule has 0 fully saturated rings. The molecule has 24 heavy (non-hydrogen) atoms. The molecule has 2 heterocycles. The van der Waals surface area contributed by atoms with Gasteiger partial charge in [-0.1, -0.05) is 12.1 Å². The summed E-state index contributed by atoms with van der Waals surface area (Å²) in [5.41, 5.74) is 0. The van der Waals surface area contributed by atoms with Crippen molar-refractivity contribution in [2.75, 3.05) is 19.7 Å². The smallest absolute Gasteiger partial charge is 0.246 e. The molecule has 126 valence electrons. The van der Waals surface area contributed by atoms with Gasteiger partial charge in [0, 0.05) is 12.6 Å². The molecule has 3 rings (SSSR count). The molecule has 1 atom stereocenters. The lowest BCUT2D eigenvalue weighted by Gasteiger charge is -2.30. The van der Waals surface area contributed by atoms with Crippen molar-refractivity contribution in [3.05, 3.63) is 54.0 Å². The van der Waals surface area contributed by atoms with Crippen LogP contribution < -0.4 is 9.47 Å². The van der Waals surface area contributed by atoms with Crippen LogP contribution in [0.25, 0.3) is 6.08 Å². The number of para-hydroxylation sites is 2. The van der Waals surface area contributed by atoms with Crippen LogP contribution in [-0.4, -0.2) is 36.6 Å². The van der Waals surface area contributed by atoms with Crippen LogP contribution in [-0.2, 0) is 4.79 Å². The topological polar surface area (TPSA) is 51.9 Å². The molecule has 0 radical (unpaired) electrons. The second-order valence-electron chi connectivity index (χ2n) is 5.66. The van der Waals surface area contributed by atoms with Gasteiger partial charge in [0.2, 0.25) is 5.91 Å². The van der Waals surface area contributed by atoms with E-state index in [1.165, 1.54) is 6.08 Å². The third-order valence-corrected chi connectivity index (χ3v) is 3.84. The second kappa shape index (κ2) is 7.25. The minimum absolute atomic E-state index is 0.0750. The Bertz CT molecular complexity index is 734. The molecule has 5 heteroatoms. The van der Waals surface area contributed by atoms with E-state index < -0.39 is 0 Å². The summed E-state index contributed by atoms with van der Waals surface area (Å²) in [4.78, 5) is 14.1. The Hall–Kier alpha value is -2.69. The van der Waals surface area contributed by atoms with Gasteiger partial charge in [-0.2, -0.15) is 0 Å². The zero-order valence-electron chi connectivity index (χ0n) is 13.9. The van der Waals surface area contributed by atoms with Crippen molar-refractivity contribution in [3.63, 3.8) is 0 Å². The van der Waals surface area contributed by atoms with Crippen LogP contribution in [0.4, 0.5) is 0 Å². The number of benzene rings is 1. The minimum atomic E-state index is -0.178. The molecule has 1 aliphatic rings. The van der Waals surface area contributed by atoms with Crippen LogP contribution in [0.5, 0.6) is 11.5 Å². The van der Waals surface area contributed by atoms with Gasteiger partial charge in [0.1, 0.15) is 18.1 Å². The lowest BCUT2D eigenvalue weighted by atomic mass is 10.2. The van der Waals surface area contributed by atoms with Gasteiger partial charge < -0.3 is 18.8 Å². The molecular formula is C19H21NO4. The van der Waals surface area contributed by atoms with Crippen LogP contribution in [0.2, 0.25) is 0 Å². The highest BCUT2D eigenvalue weighted by Crippen LogP contribution is 2.31. The third kappa shape index (κ3) is 3.79. The highest BCUT2D eigenvalue weighted by atomic mass is 16.6. The van der Waals surface area contributed by atoms with Gasteiger partial charge in [0.15, 0.2) is 17.6 Å². The standard InChI is InChI=1S/C19H21NO4/c1-3-20(19(21)11-10-15-9-8-14(2)23-15)12-16-13-22-17-6-4-5-7-18(17)24-16/h4-11,16H,3,12-13H2,1-2H3/b11-10+. The molecular weight excluding hydrogens is 306 g/mol. The molecule has 0 aliphatic carbocycles. The van der Waals surface area contributed by atoms with E-state index in [1.807, 2.05) is 50.2 Å². The van der Waals surface area contributed by atoms with Gasteiger partial charge in [-0.3, -0.25) is 4.79 Å². The summed E-state index contributed by atoms with van der Waals surface area (Å²) in [5.74, 6) is 2.88. The predicted octanol–water partition coefficient (Wildman–Crippen LogP) is 3.29. The van der Waals surface area contributed by atoms with Crippen molar-refractivity contribution in [2.45, 2.75) is 20.0 Å². The van der Waals surface area contributed by atoms with E-state index in [1.54, 1.807) is 11.0 Å². The van der Waals surface area contributed by atoms with E-state index in [9.17, 15) is 4.79 Å². The minimum Gasteiger partial charge on any atom is -0.486 e. The zero-order chi connectivity index (χ0) is 16.9. The molecule has 0 saturated heterocycles. The van der Waals surface area contributed by atoms with Crippen LogP contribution in [0.15, 0.2) is 46.9 Å². The number of rotatable bonds is 5. The highest BCUT2D eigenvalue weighted by Gasteiger charge is 2.24. The maximum absolute atomic E-state index is 12.4. The number of fused-ring (bicyclic) bond motifs is 1. The third-order valence-electron chi connectivity index (χ3n) is 3.84. The molecule has 1 unspecified atom stereocenters. The van der Waals surface area contributed by atoms with Gasteiger partial charge in [0.05, 0.1) is 6.54 Å². The van der Waals surface area contributed by atoms with Gasteiger partial charge in [0.25, 0.3) is 0 Å². The highest BCUT2D eigenvalue weighted by molar-refractivity contribution is 5.91. The van der Waals surface area contributed by atoms with Crippen LogP contribution in [0.3, 0.4) is 0 Å². The second-order valence-corrected chi connectivity index (χ2v) is 5.66. The Morgan fingerprint density at radius 2 is 2.04 bits per heavy atom. The number of furan rings is 1. The Labute approximate surface area is 141 Å². The first-order valence-corrected chi connectivity index (χ1v) is 8.07. The Morgan fingerprint density at radius 1 is 1.25 bits per heavy atom. The zero-order valence-corrected chi connectivity index (χ0v) is 13.9. The number of hydrogen-bond acceptors (Lipinski definition) is 4. The largest absolute Gasteiger partial charge is 0.486 e. The maximum Gasteiger partial charge on any atom is 0.246 e. The summed E-state index contributed by atoms with van der Waals surface area (Å²) in [6, 6.07) is 11.3. The molecule has 2 aromatic rings. The van der Waals surface area contributed by atoms with Crippen molar-refractivity contribution in [3.8, 4) is 11.5 Å². The van der Waals surface area contributed by atoms with Crippen molar-refractivity contribution in [2.24, 2.45) is 0 Å². The molecule has 0 spiro atoms. The van der Waals surface area contributed by atoms with Crippen molar-refractivity contribution >= 4 is 12.0 Å². The lowest BCUT2D eigenvalue weighted by molar-refractivity contribution is -0.127. The number of carbonyl (C=O) groups excluding carboxylic acids is 1. The van der Waals surface area contributed by atoms with Gasteiger partial charge >= 0.3 is 0 Å². The number of aryl methyl sites for hydroxylation is 1. The van der Waals surface area contributed by atoms with Gasteiger partial charge in [-0.15, -0.1) is 0 Å². The fraction of sp³-hybridized carbons (Fsp3) is 0.316. The molecule has 1 aliphatic heterocycles. The molecule has 0 bridgehead atoms. The van der Waals surface area contributed by atoms with E-state index in [4.69, 9.17) is 13.9 Å². The van der Waals surface area contributed by atoms with Crippen LogP contribution >= 0.6 is 0 Å². The lowest BCUT2D eigenvalue weighted by Crippen LogP contribution is -2.43. The molecule has 0 saturated carbocycles. The first-order valence-electron chi connectivity index (χ1n) is 8.07. The number of amides is 1. The maximum atomic E-state index is 12.4.